The van der Waals surface area contributed by atoms with E-state index in [1.807, 2.05) is 24.3 Å². The van der Waals surface area contributed by atoms with Crippen LogP contribution in [0.4, 0.5) is 19.3 Å². The number of anilines is 1. The van der Waals surface area contributed by atoms with Crippen LogP contribution in [0.3, 0.4) is 0 Å². The average molecular weight is 304 g/mol. The van der Waals surface area contributed by atoms with Gasteiger partial charge in [0.15, 0.2) is 11.6 Å². The third kappa shape index (κ3) is 4.04. The molecule has 116 valence electrons. The van der Waals surface area contributed by atoms with Crippen LogP contribution in [0.15, 0.2) is 42.5 Å². The van der Waals surface area contributed by atoms with Gasteiger partial charge in [0.25, 0.3) is 0 Å². The molecule has 0 atom stereocenters. The predicted octanol–water partition coefficient (Wildman–Crippen LogP) is 4.19. The van der Waals surface area contributed by atoms with Crippen LogP contribution in [0.1, 0.15) is 18.1 Å². The van der Waals surface area contributed by atoms with E-state index >= 15 is 0 Å². The molecule has 0 unspecified atom stereocenters. The number of amides is 2. The number of hydrogen-bond donors (Lipinski definition) is 1. The summed E-state index contributed by atoms with van der Waals surface area (Å²) in [4.78, 5) is 13.5. The fourth-order valence-corrected chi connectivity index (χ4v) is 2.03. The molecule has 3 nitrogen and oxygen atoms in total. The molecule has 1 N–H and O–H groups in total. The maximum absolute atomic E-state index is 13.2. The number of rotatable bonds is 4. The van der Waals surface area contributed by atoms with Gasteiger partial charge in [-0.2, -0.15) is 0 Å². The molecule has 2 amide bonds. The topological polar surface area (TPSA) is 32.3 Å². The van der Waals surface area contributed by atoms with Crippen molar-refractivity contribution >= 4 is 11.7 Å². The second-order valence-corrected chi connectivity index (χ2v) is 5.09. The summed E-state index contributed by atoms with van der Waals surface area (Å²) in [5.41, 5.74) is 2.41. The smallest absolute Gasteiger partial charge is 0.321 e. The largest absolute Gasteiger partial charge is 0.323 e. The molecule has 0 aliphatic rings. The summed E-state index contributed by atoms with van der Waals surface area (Å²) >= 11 is 0. The maximum atomic E-state index is 13.2. The lowest BCUT2D eigenvalue weighted by atomic mass is 10.1. The second-order valence-electron chi connectivity index (χ2n) is 5.09. The number of nitrogens with zero attached hydrogens (tertiary/aromatic N) is 1. The first-order chi connectivity index (χ1) is 10.5. The van der Waals surface area contributed by atoms with Gasteiger partial charge in [-0.15, -0.1) is 0 Å². The highest BCUT2D eigenvalue weighted by Crippen LogP contribution is 2.13. The zero-order chi connectivity index (χ0) is 16.1. The summed E-state index contributed by atoms with van der Waals surface area (Å²) in [5.74, 6) is -1.81. The van der Waals surface area contributed by atoms with Gasteiger partial charge in [-0.25, -0.2) is 13.6 Å². The normalized spacial score (nSPS) is 10.4. The average Bonchev–Trinajstić information content (AvgIpc) is 2.51. The summed E-state index contributed by atoms with van der Waals surface area (Å²) in [5, 5.41) is 2.76. The van der Waals surface area contributed by atoms with Crippen LogP contribution in [0.2, 0.25) is 0 Å². The lowest BCUT2D eigenvalue weighted by Crippen LogP contribution is -2.30. The molecule has 2 aromatic carbocycles. The summed E-state index contributed by atoms with van der Waals surface area (Å²) < 4.78 is 26.0. The van der Waals surface area contributed by atoms with E-state index < -0.39 is 11.6 Å². The molecule has 0 saturated heterocycles. The summed E-state index contributed by atoms with van der Waals surface area (Å²) in [7, 11) is 1.59. The van der Waals surface area contributed by atoms with Crippen LogP contribution >= 0.6 is 0 Å². The Balaban J connectivity index is 1.97. The van der Waals surface area contributed by atoms with Gasteiger partial charge < -0.3 is 10.2 Å². The molecule has 0 aliphatic carbocycles. The molecule has 22 heavy (non-hydrogen) atoms. The van der Waals surface area contributed by atoms with E-state index in [0.29, 0.717) is 11.3 Å². The molecule has 2 aromatic rings. The third-order valence-corrected chi connectivity index (χ3v) is 3.36. The highest BCUT2D eigenvalue weighted by atomic mass is 19.2. The van der Waals surface area contributed by atoms with Crippen LogP contribution in [-0.4, -0.2) is 18.0 Å². The summed E-state index contributed by atoms with van der Waals surface area (Å²) in [6.45, 7) is 2.25. The van der Waals surface area contributed by atoms with E-state index in [0.717, 1.165) is 18.6 Å². The van der Waals surface area contributed by atoms with E-state index in [1.54, 1.807) is 7.05 Å². The SMILES string of the molecule is CCc1ccc(NC(=O)N(C)Cc2ccc(F)c(F)c2)cc1. The Morgan fingerprint density at radius 1 is 1.05 bits per heavy atom. The fourth-order valence-electron chi connectivity index (χ4n) is 2.03. The number of aryl methyl sites for hydroxylation is 1. The molecule has 2 rings (SSSR count). The molecular weight excluding hydrogens is 286 g/mol. The Morgan fingerprint density at radius 3 is 2.27 bits per heavy atom. The van der Waals surface area contributed by atoms with Crippen molar-refractivity contribution in [3.8, 4) is 0 Å². The van der Waals surface area contributed by atoms with Gasteiger partial charge in [0.05, 0.1) is 0 Å². The van der Waals surface area contributed by atoms with Crippen LogP contribution < -0.4 is 5.32 Å². The third-order valence-electron chi connectivity index (χ3n) is 3.36. The van der Waals surface area contributed by atoms with Gasteiger partial charge in [-0.1, -0.05) is 25.1 Å². The fraction of sp³-hybridized carbons (Fsp3) is 0.235. The first-order valence-corrected chi connectivity index (χ1v) is 7.04. The van der Waals surface area contributed by atoms with Gasteiger partial charge in [0.1, 0.15) is 0 Å². The zero-order valence-corrected chi connectivity index (χ0v) is 12.6. The highest BCUT2D eigenvalue weighted by molar-refractivity contribution is 5.89. The lowest BCUT2D eigenvalue weighted by molar-refractivity contribution is 0.220. The molecule has 5 heteroatoms. The second kappa shape index (κ2) is 7.02. The van der Waals surface area contributed by atoms with Crippen molar-refractivity contribution in [2.75, 3.05) is 12.4 Å². The number of nitrogens with one attached hydrogen (secondary N) is 1. The maximum Gasteiger partial charge on any atom is 0.321 e. The van der Waals surface area contributed by atoms with Gasteiger partial charge >= 0.3 is 6.03 Å². The van der Waals surface area contributed by atoms with Crippen molar-refractivity contribution in [3.05, 3.63) is 65.2 Å². The van der Waals surface area contributed by atoms with Gasteiger partial charge in [0.2, 0.25) is 0 Å². The van der Waals surface area contributed by atoms with Crippen molar-refractivity contribution in [2.45, 2.75) is 19.9 Å². The molecule has 0 radical (unpaired) electrons. The minimum atomic E-state index is -0.915. The minimum Gasteiger partial charge on any atom is -0.323 e. The van der Waals surface area contributed by atoms with E-state index in [4.69, 9.17) is 0 Å². The van der Waals surface area contributed by atoms with Crippen molar-refractivity contribution in [2.24, 2.45) is 0 Å². The number of carbonyl (C=O) groups is 1. The number of halogens is 2. The molecule has 0 heterocycles. The van der Waals surface area contributed by atoms with Crippen LogP contribution in [-0.2, 0) is 13.0 Å². The first kappa shape index (κ1) is 15.9. The number of urea groups is 1. The van der Waals surface area contributed by atoms with Gasteiger partial charge in [0, 0.05) is 19.3 Å². The van der Waals surface area contributed by atoms with E-state index in [2.05, 4.69) is 12.2 Å². The van der Waals surface area contributed by atoms with Gasteiger partial charge in [-0.05, 0) is 41.8 Å². The summed E-state index contributed by atoms with van der Waals surface area (Å²) in [6, 6.07) is 10.9. The molecule has 0 fully saturated rings. The van der Waals surface area contributed by atoms with E-state index in [9.17, 15) is 13.6 Å². The summed E-state index contributed by atoms with van der Waals surface area (Å²) in [6.07, 6.45) is 0.935. The Hall–Kier alpha value is -2.43. The molecule has 0 bridgehead atoms. The zero-order valence-electron chi connectivity index (χ0n) is 12.6. The standard InChI is InChI=1S/C17H18F2N2O/c1-3-12-4-7-14(8-5-12)20-17(22)21(2)11-13-6-9-15(18)16(19)10-13/h4-10H,3,11H2,1-2H3,(H,20,22). The van der Waals surface area contributed by atoms with Crippen molar-refractivity contribution in [3.63, 3.8) is 0 Å². The highest BCUT2D eigenvalue weighted by Gasteiger charge is 2.11. The van der Waals surface area contributed by atoms with Gasteiger partial charge in [-0.3, -0.25) is 0 Å². The van der Waals surface area contributed by atoms with Crippen LogP contribution in [0.5, 0.6) is 0 Å². The molecular formula is C17H18F2N2O. The molecule has 0 saturated carbocycles. The minimum absolute atomic E-state index is 0.191. The molecule has 0 aliphatic heterocycles. The molecule has 0 aromatic heterocycles. The van der Waals surface area contributed by atoms with Crippen LogP contribution in [0.25, 0.3) is 0 Å². The van der Waals surface area contributed by atoms with E-state index in [1.165, 1.54) is 16.5 Å². The van der Waals surface area contributed by atoms with Crippen LogP contribution in [0, 0.1) is 11.6 Å². The lowest BCUT2D eigenvalue weighted by Gasteiger charge is -2.18. The van der Waals surface area contributed by atoms with Crippen molar-refractivity contribution in [1.82, 2.24) is 4.90 Å². The number of carbonyl (C=O) groups excluding carboxylic acids is 1. The Labute approximate surface area is 128 Å². The van der Waals surface area contributed by atoms with E-state index in [-0.39, 0.29) is 12.6 Å². The Bertz CT molecular complexity index is 656. The Morgan fingerprint density at radius 2 is 1.68 bits per heavy atom. The number of hydrogen-bond acceptors (Lipinski definition) is 1. The Kier molecular flexibility index (Phi) is 5.09. The quantitative estimate of drug-likeness (QED) is 0.902. The van der Waals surface area contributed by atoms with Crippen molar-refractivity contribution in [1.29, 1.82) is 0 Å². The first-order valence-electron chi connectivity index (χ1n) is 7.04. The number of benzene rings is 2. The van der Waals surface area contributed by atoms with Crippen molar-refractivity contribution < 1.29 is 13.6 Å². The molecule has 0 spiro atoms. The monoisotopic (exact) mass is 304 g/mol. The predicted molar refractivity (Wildman–Crippen MR) is 82.7 cm³/mol.